The molecule has 0 aliphatic heterocycles. The molecule has 0 amide bonds. The van der Waals surface area contributed by atoms with E-state index >= 15 is 0 Å². The predicted molar refractivity (Wildman–Crippen MR) is 107 cm³/mol. The van der Waals surface area contributed by atoms with Crippen molar-refractivity contribution in [2.45, 2.75) is 38.4 Å². The highest BCUT2D eigenvalue weighted by Gasteiger charge is 2.32. The van der Waals surface area contributed by atoms with Gasteiger partial charge in [-0.05, 0) is 43.2 Å². The Morgan fingerprint density at radius 3 is 2.38 bits per heavy atom. The molecule has 0 saturated heterocycles. The highest BCUT2D eigenvalue weighted by atomic mass is 19.1. The van der Waals surface area contributed by atoms with Gasteiger partial charge in [0.2, 0.25) is 5.60 Å². The van der Waals surface area contributed by atoms with Gasteiger partial charge in [-0.3, -0.25) is 0 Å². The number of hydrogen-bond donors (Lipinski definition) is 3. The summed E-state index contributed by atoms with van der Waals surface area (Å²) in [7, 11) is 1.36. The van der Waals surface area contributed by atoms with Crippen LogP contribution >= 0.6 is 0 Å². The number of carbonyl (C=O) groups is 1. The summed E-state index contributed by atoms with van der Waals surface area (Å²) in [6.07, 6.45) is -0.245. The standard InChI is InChI=1S/C22H26FNO5/c1-22(2,21(27)24-13-12-16-6-4-5-7-18(16)23)29-17-10-8-15(9-11-17)14-19(28-3)20(25)26/h4-11,19H,12-14H2,1-3H3,(H,24,27)(H,25,26)/p+1/t19-/m0/s1. The average Bonchev–Trinajstić information content (AvgIpc) is 2.68. The summed E-state index contributed by atoms with van der Waals surface area (Å²) in [5.74, 6) is -0.841. The number of benzene rings is 2. The zero-order chi connectivity index (χ0) is 21.4. The first kappa shape index (κ1) is 22.4. The van der Waals surface area contributed by atoms with Crippen LogP contribution in [0, 0.1) is 5.82 Å². The molecule has 7 heteroatoms. The Bertz CT molecular complexity index is 849. The van der Waals surface area contributed by atoms with Crippen molar-refractivity contribution >= 4 is 11.9 Å². The minimum atomic E-state index is -1.02. The number of rotatable bonds is 10. The van der Waals surface area contributed by atoms with E-state index < -0.39 is 17.7 Å². The maximum absolute atomic E-state index is 13.7. The molecule has 0 spiro atoms. The van der Waals surface area contributed by atoms with Gasteiger partial charge >= 0.3 is 11.9 Å². The highest BCUT2D eigenvalue weighted by molar-refractivity contribution is 5.77. The molecule has 6 nitrogen and oxygen atoms in total. The number of aliphatic hydroxyl groups is 1. The fourth-order valence-corrected chi connectivity index (χ4v) is 2.75. The Kier molecular flexibility index (Phi) is 7.73. The second-order valence-electron chi connectivity index (χ2n) is 7.14. The van der Waals surface area contributed by atoms with Crippen molar-refractivity contribution in [2.75, 3.05) is 13.7 Å². The SMILES string of the molecule is CO[C@@H](Cc1ccc(OC(C)(C)C(O)=[NH+]CCc2ccccc2F)cc1)C(=O)O. The molecular weight excluding hydrogens is 377 g/mol. The Hall–Kier alpha value is -2.93. The van der Waals surface area contributed by atoms with Gasteiger partial charge in [-0.2, -0.15) is 0 Å². The van der Waals surface area contributed by atoms with Crippen molar-refractivity contribution in [1.29, 1.82) is 0 Å². The first-order valence-electron chi connectivity index (χ1n) is 9.30. The van der Waals surface area contributed by atoms with Gasteiger partial charge in [0.05, 0.1) is 0 Å². The summed E-state index contributed by atoms with van der Waals surface area (Å²) >= 11 is 0. The molecule has 0 fully saturated rings. The molecule has 156 valence electrons. The van der Waals surface area contributed by atoms with Gasteiger partial charge in [-0.1, -0.05) is 30.3 Å². The van der Waals surface area contributed by atoms with Gasteiger partial charge in [0.1, 0.15) is 18.1 Å². The van der Waals surface area contributed by atoms with Gasteiger partial charge in [0.15, 0.2) is 6.10 Å². The van der Waals surface area contributed by atoms with E-state index in [0.717, 1.165) is 5.56 Å². The summed E-state index contributed by atoms with van der Waals surface area (Å²) < 4.78 is 24.4. The summed E-state index contributed by atoms with van der Waals surface area (Å²) in [4.78, 5) is 13.9. The number of nitrogens with one attached hydrogen (secondary N) is 1. The van der Waals surface area contributed by atoms with Gasteiger partial charge in [0, 0.05) is 20.0 Å². The highest BCUT2D eigenvalue weighted by Crippen LogP contribution is 2.20. The average molecular weight is 404 g/mol. The third kappa shape index (κ3) is 6.57. The van der Waals surface area contributed by atoms with E-state index in [2.05, 4.69) is 4.99 Å². The van der Waals surface area contributed by atoms with Gasteiger partial charge in [0.25, 0.3) is 0 Å². The molecule has 0 saturated carbocycles. The summed E-state index contributed by atoms with van der Waals surface area (Å²) in [6.45, 7) is 3.77. The molecule has 29 heavy (non-hydrogen) atoms. The van der Waals surface area contributed by atoms with Gasteiger partial charge in [-0.15, -0.1) is 0 Å². The molecule has 0 unspecified atom stereocenters. The normalized spacial score (nSPS) is 13.2. The molecule has 0 bridgehead atoms. The van der Waals surface area contributed by atoms with Crippen LogP contribution in [0.5, 0.6) is 5.75 Å². The summed E-state index contributed by atoms with van der Waals surface area (Å²) in [5.41, 5.74) is 0.339. The fraction of sp³-hybridized carbons (Fsp3) is 0.364. The first-order valence-corrected chi connectivity index (χ1v) is 9.30. The maximum Gasteiger partial charge on any atom is 0.377 e. The summed E-state index contributed by atoms with van der Waals surface area (Å²) in [6, 6.07) is 13.4. The smallest absolute Gasteiger partial charge is 0.377 e. The molecule has 0 heterocycles. The summed E-state index contributed by atoms with van der Waals surface area (Å²) in [5, 5.41) is 19.4. The lowest BCUT2D eigenvalue weighted by Crippen LogP contribution is -2.78. The molecule has 0 aliphatic carbocycles. The van der Waals surface area contributed by atoms with Crippen LogP contribution in [0.1, 0.15) is 25.0 Å². The van der Waals surface area contributed by atoms with Crippen molar-refractivity contribution in [2.24, 2.45) is 0 Å². The van der Waals surface area contributed by atoms with E-state index in [0.29, 0.717) is 24.3 Å². The number of hydrogen-bond acceptors (Lipinski definition) is 3. The Morgan fingerprint density at radius 2 is 1.79 bits per heavy atom. The lowest BCUT2D eigenvalue weighted by molar-refractivity contribution is -0.471. The van der Waals surface area contributed by atoms with Crippen LogP contribution in [0.2, 0.25) is 0 Å². The van der Waals surface area contributed by atoms with Gasteiger partial charge in [-0.25, -0.2) is 14.2 Å². The maximum atomic E-state index is 13.7. The van der Waals surface area contributed by atoms with Crippen molar-refractivity contribution < 1.29 is 33.9 Å². The van der Waals surface area contributed by atoms with Crippen LogP contribution in [0.4, 0.5) is 4.39 Å². The molecule has 2 rings (SSSR count). The topological polar surface area (TPSA) is 90.0 Å². The van der Waals surface area contributed by atoms with Crippen LogP contribution in [-0.2, 0) is 22.4 Å². The predicted octanol–water partition coefficient (Wildman–Crippen LogP) is 1.91. The molecule has 0 radical (unpaired) electrons. The van der Waals surface area contributed by atoms with Crippen molar-refractivity contribution in [3.63, 3.8) is 0 Å². The zero-order valence-corrected chi connectivity index (χ0v) is 16.8. The van der Waals surface area contributed by atoms with Crippen molar-refractivity contribution in [1.82, 2.24) is 0 Å². The minimum absolute atomic E-state index is 0.0664. The second kappa shape index (κ2) is 10.0. The van der Waals surface area contributed by atoms with E-state index in [9.17, 15) is 14.3 Å². The molecule has 1 atom stereocenters. The van der Waals surface area contributed by atoms with Crippen LogP contribution in [0.25, 0.3) is 0 Å². The fourth-order valence-electron chi connectivity index (χ4n) is 2.75. The third-order valence-corrected chi connectivity index (χ3v) is 4.49. The lowest BCUT2D eigenvalue weighted by atomic mass is 10.1. The number of methoxy groups -OCH3 is 1. The Morgan fingerprint density at radius 1 is 1.14 bits per heavy atom. The largest absolute Gasteiger partial charge is 0.479 e. The number of carboxylic acid groups (broad SMARTS) is 1. The van der Waals surface area contributed by atoms with E-state index in [1.807, 2.05) is 0 Å². The molecule has 2 aromatic rings. The molecule has 2 aromatic carbocycles. The lowest BCUT2D eigenvalue weighted by Gasteiger charge is -2.21. The van der Waals surface area contributed by atoms with Crippen LogP contribution in [-0.4, -0.2) is 47.4 Å². The quantitative estimate of drug-likeness (QED) is 0.416. The number of ether oxygens (including phenoxy) is 2. The number of halogens is 1. The van der Waals surface area contributed by atoms with Crippen LogP contribution in [0.3, 0.4) is 0 Å². The Balaban J connectivity index is 1.96. The third-order valence-electron chi connectivity index (χ3n) is 4.49. The zero-order valence-electron chi connectivity index (χ0n) is 16.8. The second-order valence-corrected chi connectivity index (χ2v) is 7.14. The number of carboxylic acids is 1. The molecular formula is C22H27FNO5+. The van der Waals surface area contributed by atoms with E-state index in [1.54, 1.807) is 56.3 Å². The van der Waals surface area contributed by atoms with Crippen LogP contribution < -0.4 is 9.73 Å². The number of aliphatic hydroxyl groups excluding tert-OH is 1. The first-order chi connectivity index (χ1) is 13.7. The van der Waals surface area contributed by atoms with E-state index in [1.165, 1.54) is 13.2 Å². The molecule has 3 N–H and O–H groups in total. The van der Waals surface area contributed by atoms with Crippen molar-refractivity contribution in [3.8, 4) is 5.75 Å². The van der Waals surface area contributed by atoms with E-state index in [4.69, 9.17) is 14.6 Å². The van der Waals surface area contributed by atoms with Crippen LogP contribution in [0.15, 0.2) is 48.5 Å². The molecule has 0 aromatic heterocycles. The Labute approximate surface area is 169 Å². The minimum Gasteiger partial charge on any atom is -0.479 e. The van der Waals surface area contributed by atoms with Gasteiger partial charge < -0.3 is 19.7 Å². The monoisotopic (exact) mass is 404 g/mol. The van der Waals surface area contributed by atoms with Crippen molar-refractivity contribution in [3.05, 3.63) is 65.5 Å². The molecule has 0 aliphatic rings. The van der Waals surface area contributed by atoms with E-state index in [-0.39, 0.29) is 18.1 Å². The number of aliphatic carboxylic acids is 1.